The van der Waals surface area contributed by atoms with E-state index in [1.165, 1.54) is 24.6 Å². The van der Waals surface area contributed by atoms with E-state index in [9.17, 15) is 14.0 Å². The topological polar surface area (TPSA) is 55.8 Å². The van der Waals surface area contributed by atoms with Crippen molar-refractivity contribution in [3.05, 3.63) is 47.3 Å². The van der Waals surface area contributed by atoms with Crippen molar-refractivity contribution in [2.24, 2.45) is 0 Å². The fraction of sp³-hybridized carbons (Fsp3) is 0.500. The molecule has 0 aromatic heterocycles. The summed E-state index contributed by atoms with van der Waals surface area (Å²) >= 11 is 0. The summed E-state index contributed by atoms with van der Waals surface area (Å²) in [6.07, 6.45) is 6.53. The van der Waals surface area contributed by atoms with E-state index in [1.54, 1.807) is 17.0 Å². The van der Waals surface area contributed by atoms with Crippen LogP contribution in [0, 0.1) is 5.82 Å². The van der Waals surface area contributed by atoms with Crippen LogP contribution in [-0.2, 0) is 19.1 Å². The monoisotopic (exact) mass is 361 g/mol. The molecule has 0 N–H and O–H groups in total. The molecule has 1 aromatic carbocycles. The molecule has 1 heterocycles. The number of benzene rings is 1. The zero-order valence-electron chi connectivity index (χ0n) is 14.8. The number of carbonyl (C=O) groups excluding carboxylic acids is 2. The molecule has 1 saturated heterocycles. The Bertz CT molecular complexity index is 663. The summed E-state index contributed by atoms with van der Waals surface area (Å²) in [4.78, 5) is 25.8. The first-order valence-electron chi connectivity index (χ1n) is 9.13. The number of nitrogens with zero attached hydrogens (tertiary/aromatic N) is 1. The van der Waals surface area contributed by atoms with Gasteiger partial charge >= 0.3 is 5.97 Å². The first-order valence-corrected chi connectivity index (χ1v) is 9.13. The lowest BCUT2D eigenvalue weighted by atomic mass is 9.95. The summed E-state index contributed by atoms with van der Waals surface area (Å²) in [6.45, 7) is 0.947. The highest BCUT2D eigenvalue weighted by Crippen LogP contribution is 2.23. The van der Waals surface area contributed by atoms with Crippen molar-refractivity contribution in [2.45, 2.75) is 38.2 Å². The van der Waals surface area contributed by atoms with Gasteiger partial charge in [0.25, 0.3) is 5.91 Å². The largest absolute Gasteiger partial charge is 0.452 e. The van der Waals surface area contributed by atoms with Gasteiger partial charge in [-0.15, -0.1) is 0 Å². The maximum atomic E-state index is 13.0. The number of esters is 1. The van der Waals surface area contributed by atoms with Crippen molar-refractivity contribution < 1.29 is 23.5 Å². The number of allylic oxidation sites excluding steroid dienone is 1. The first-order chi connectivity index (χ1) is 12.6. The van der Waals surface area contributed by atoms with Crippen molar-refractivity contribution in [3.63, 3.8) is 0 Å². The average Bonchev–Trinajstić information content (AvgIpc) is 2.67. The quantitative estimate of drug-likeness (QED) is 0.611. The smallest absolute Gasteiger partial charge is 0.331 e. The standard InChI is InChI=1S/C20H24FNO4/c21-17-8-6-16(7-9-17)18-13-22(10-11-25-18)19(23)14-26-20(24)12-15-4-2-1-3-5-15/h6-9,12,18H,1-5,10-11,13-14H2. The Morgan fingerprint density at radius 1 is 1.19 bits per heavy atom. The van der Waals surface area contributed by atoms with Gasteiger partial charge in [0.2, 0.25) is 0 Å². The van der Waals surface area contributed by atoms with Crippen LogP contribution >= 0.6 is 0 Å². The van der Waals surface area contributed by atoms with Crippen LogP contribution in [0.1, 0.15) is 43.8 Å². The zero-order chi connectivity index (χ0) is 18.4. The molecule has 1 amide bonds. The van der Waals surface area contributed by atoms with Crippen LogP contribution in [0.15, 0.2) is 35.9 Å². The second-order valence-electron chi connectivity index (χ2n) is 6.72. The predicted octanol–water partition coefficient (Wildman–Crippen LogP) is 3.16. The molecule has 1 atom stereocenters. The summed E-state index contributed by atoms with van der Waals surface area (Å²) in [6, 6.07) is 6.06. The summed E-state index contributed by atoms with van der Waals surface area (Å²) in [5, 5.41) is 0. The number of halogens is 1. The van der Waals surface area contributed by atoms with Crippen LogP contribution in [0.5, 0.6) is 0 Å². The SMILES string of the molecule is O=C(C=C1CCCCC1)OCC(=O)N1CCOC(c2ccc(F)cc2)C1. The van der Waals surface area contributed by atoms with E-state index >= 15 is 0 Å². The fourth-order valence-corrected chi connectivity index (χ4v) is 3.34. The third kappa shape index (κ3) is 5.14. The summed E-state index contributed by atoms with van der Waals surface area (Å²) in [5.74, 6) is -0.995. The molecule has 1 aromatic rings. The van der Waals surface area contributed by atoms with Gasteiger partial charge in [0.15, 0.2) is 6.61 Å². The molecule has 0 bridgehead atoms. The lowest BCUT2D eigenvalue weighted by Gasteiger charge is -2.33. The lowest BCUT2D eigenvalue weighted by Crippen LogP contribution is -2.44. The average molecular weight is 361 g/mol. The van der Waals surface area contributed by atoms with E-state index in [2.05, 4.69) is 0 Å². The molecule has 1 saturated carbocycles. The normalized spacial score (nSPS) is 20.6. The maximum absolute atomic E-state index is 13.0. The van der Waals surface area contributed by atoms with E-state index in [4.69, 9.17) is 9.47 Å². The van der Waals surface area contributed by atoms with Crippen molar-refractivity contribution in [1.29, 1.82) is 0 Å². The van der Waals surface area contributed by atoms with Gasteiger partial charge in [-0.2, -0.15) is 0 Å². The molecule has 2 fully saturated rings. The van der Waals surface area contributed by atoms with Gasteiger partial charge < -0.3 is 14.4 Å². The Morgan fingerprint density at radius 2 is 1.92 bits per heavy atom. The zero-order valence-corrected chi connectivity index (χ0v) is 14.8. The molecule has 3 rings (SSSR count). The van der Waals surface area contributed by atoms with Gasteiger partial charge in [-0.25, -0.2) is 9.18 Å². The molecule has 0 spiro atoms. The summed E-state index contributed by atoms with van der Waals surface area (Å²) in [5.41, 5.74) is 1.93. The Balaban J connectivity index is 1.49. The predicted molar refractivity (Wildman–Crippen MR) is 93.8 cm³/mol. The molecule has 26 heavy (non-hydrogen) atoms. The Kier molecular flexibility index (Phi) is 6.39. The molecule has 6 heteroatoms. The molecule has 2 aliphatic rings. The number of ether oxygens (including phenoxy) is 2. The van der Waals surface area contributed by atoms with Gasteiger partial charge in [-0.1, -0.05) is 24.1 Å². The minimum Gasteiger partial charge on any atom is -0.452 e. The third-order valence-corrected chi connectivity index (χ3v) is 4.82. The summed E-state index contributed by atoms with van der Waals surface area (Å²) < 4.78 is 23.8. The second-order valence-corrected chi connectivity index (χ2v) is 6.72. The van der Waals surface area contributed by atoms with Gasteiger partial charge in [0.05, 0.1) is 13.2 Å². The van der Waals surface area contributed by atoms with Crippen LogP contribution in [-0.4, -0.2) is 43.1 Å². The number of amides is 1. The van der Waals surface area contributed by atoms with E-state index in [0.29, 0.717) is 19.7 Å². The minimum absolute atomic E-state index is 0.240. The van der Waals surface area contributed by atoms with Crippen molar-refractivity contribution in [2.75, 3.05) is 26.3 Å². The van der Waals surface area contributed by atoms with E-state index in [1.807, 2.05) is 0 Å². The number of rotatable bonds is 4. The third-order valence-electron chi connectivity index (χ3n) is 4.82. The maximum Gasteiger partial charge on any atom is 0.331 e. The van der Waals surface area contributed by atoms with E-state index in [0.717, 1.165) is 36.8 Å². The molecular formula is C20H24FNO4. The number of hydrogen-bond donors (Lipinski definition) is 0. The van der Waals surface area contributed by atoms with Gasteiger partial charge in [0.1, 0.15) is 11.9 Å². The van der Waals surface area contributed by atoms with Crippen molar-refractivity contribution >= 4 is 11.9 Å². The molecule has 1 aliphatic heterocycles. The van der Waals surface area contributed by atoms with Crippen molar-refractivity contribution in [1.82, 2.24) is 4.90 Å². The van der Waals surface area contributed by atoms with Gasteiger partial charge in [-0.3, -0.25) is 4.79 Å². The van der Waals surface area contributed by atoms with Crippen LogP contribution in [0.2, 0.25) is 0 Å². The molecule has 5 nitrogen and oxygen atoms in total. The Labute approximate surface area is 152 Å². The summed E-state index contributed by atoms with van der Waals surface area (Å²) in [7, 11) is 0. The molecule has 1 unspecified atom stereocenters. The highest BCUT2D eigenvalue weighted by Gasteiger charge is 2.26. The van der Waals surface area contributed by atoms with Gasteiger partial charge in [-0.05, 0) is 43.4 Å². The van der Waals surface area contributed by atoms with Crippen molar-refractivity contribution in [3.8, 4) is 0 Å². The van der Waals surface area contributed by atoms with Gasteiger partial charge in [0, 0.05) is 12.6 Å². The van der Waals surface area contributed by atoms with E-state index in [-0.39, 0.29) is 24.4 Å². The second kappa shape index (κ2) is 8.94. The molecule has 140 valence electrons. The molecule has 0 radical (unpaired) electrons. The first kappa shape index (κ1) is 18.6. The Hall–Kier alpha value is -2.21. The molecule has 1 aliphatic carbocycles. The number of morpholine rings is 1. The number of hydrogen-bond acceptors (Lipinski definition) is 4. The fourth-order valence-electron chi connectivity index (χ4n) is 3.34. The minimum atomic E-state index is -0.446. The molecular weight excluding hydrogens is 337 g/mol. The van der Waals surface area contributed by atoms with Crippen LogP contribution < -0.4 is 0 Å². The van der Waals surface area contributed by atoms with Crippen LogP contribution in [0.4, 0.5) is 4.39 Å². The van der Waals surface area contributed by atoms with Crippen LogP contribution in [0.25, 0.3) is 0 Å². The highest BCUT2D eigenvalue weighted by atomic mass is 19.1. The highest BCUT2D eigenvalue weighted by molar-refractivity contribution is 5.86. The Morgan fingerprint density at radius 3 is 2.65 bits per heavy atom. The number of carbonyl (C=O) groups is 2. The lowest BCUT2D eigenvalue weighted by molar-refractivity contribution is -0.152. The van der Waals surface area contributed by atoms with E-state index < -0.39 is 5.97 Å². The van der Waals surface area contributed by atoms with Crippen LogP contribution in [0.3, 0.4) is 0 Å².